The highest BCUT2D eigenvalue weighted by molar-refractivity contribution is 5.74. The summed E-state index contributed by atoms with van der Waals surface area (Å²) in [5.74, 6) is -0.770. The molecule has 0 radical (unpaired) electrons. The van der Waals surface area contributed by atoms with Crippen molar-refractivity contribution in [2.45, 2.75) is 52.4 Å². The number of aryl methyl sites for hydroxylation is 1. The Hall–Kier alpha value is -1.57. The number of unbranched alkanes of at least 4 members (excludes halogenated alkanes) is 1. The predicted molar refractivity (Wildman–Crippen MR) is 80.2 cm³/mol. The van der Waals surface area contributed by atoms with Crippen LogP contribution in [0.15, 0.2) is 30.3 Å². The summed E-state index contributed by atoms with van der Waals surface area (Å²) in [6.45, 7) is 4.31. The Morgan fingerprint density at radius 3 is 2.37 bits per heavy atom. The summed E-state index contributed by atoms with van der Waals surface area (Å²) >= 11 is 0. The van der Waals surface area contributed by atoms with Crippen LogP contribution in [0.25, 0.3) is 5.57 Å². The van der Waals surface area contributed by atoms with Gasteiger partial charge in [0.05, 0.1) is 6.42 Å². The van der Waals surface area contributed by atoms with E-state index < -0.39 is 5.97 Å². The number of hydrogen-bond donors (Lipinski definition) is 1. The van der Waals surface area contributed by atoms with Gasteiger partial charge in [-0.3, -0.25) is 4.79 Å². The fourth-order valence-corrected chi connectivity index (χ4v) is 2.11. The maximum absolute atomic E-state index is 10.7. The van der Waals surface area contributed by atoms with Gasteiger partial charge < -0.3 is 5.11 Å². The molecular formula is C17H24O2. The Kier molecular flexibility index (Phi) is 6.94. The van der Waals surface area contributed by atoms with E-state index >= 15 is 0 Å². The summed E-state index contributed by atoms with van der Waals surface area (Å²) in [6, 6.07) is 8.56. The zero-order chi connectivity index (χ0) is 14.1. The number of carboxylic acid groups (broad SMARTS) is 1. The molecule has 0 spiro atoms. The van der Waals surface area contributed by atoms with Gasteiger partial charge in [0.1, 0.15) is 0 Å². The average Bonchev–Trinajstić information content (AvgIpc) is 2.41. The lowest BCUT2D eigenvalue weighted by Gasteiger charge is -2.08. The van der Waals surface area contributed by atoms with E-state index in [0.717, 1.165) is 30.4 Å². The van der Waals surface area contributed by atoms with Crippen molar-refractivity contribution in [3.8, 4) is 0 Å². The molecular weight excluding hydrogens is 236 g/mol. The quantitative estimate of drug-likeness (QED) is 0.736. The van der Waals surface area contributed by atoms with E-state index in [-0.39, 0.29) is 6.42 Å². The number of allylic oxidation sites excluding steroid dienone is 1. The number of rotatable bonds is 8. The van der Waals surface area contributed by atoms with Gasteiger partial charge in [0.2, 0.25) is 0 Å². The number of benzene rings is 1. The van der Waals surface area contributed by atoms with Gasteiger partial charge in [0.15, 0.2) is 0 Å². The van der Waals surface area contributed by atoms with Gasteiger partial charge >= 0.3 is 5.97 Å². The minimum absolute atomic E-state index is 0.104. The Balaban J connectivity index is 2.79. The topological polar surface area (TPSA) is 37.3 Å². The Morgan fingerprint density at radius 1 is 1.16 bits per heavy atom. The summed E-state index contributed by atoms with van der Waals surface area (Å²) in [5.41, 5.74) is 3.66. The van der Waals surface area contributed by atoms with Gasteiger partial charge in [-0.2, -0.15) is 0 Å². The number of carbonyl (C=O) groups is 1. The molecule has 0 unspecified atom stereocenters. The Bertz CT molecular complexity index is 415. The van der Waals surface area contributed by atoms with Crippen molar-refractivity contribution < 1.29 is 9.90 Å². The molecule has 0 aliphatic carbocycles. The first-order valence-electron chi connectivity index (χ1n) is 7.17. The second-order valence-corrected chi connectivity index (χ2v) is 4.88. The first kappa shape index (κ1) is 15.5. The molecule has 19 heavy (non-hydrogen) atoms. The second kappa shape index (κ2) is 8.52. The second-order valence-electron chi connectivity index (χ2n) is 4.88. The van der Waals surface area contributed by atoms with E-state index in [4.69, 9.17) is 5.11 Å². The molecule has 1 aromatic rings. The third kappa shape index (κ3) is 5.73. The largest absolute Gasteiger partial charge is 0.481 e. The Labute approximate surface area is 116 Å². The predicted octanol–water partition coefficient (Wildman–Crippen LogP) is 4.69. The van der Waals surface area contributed by atoms with E-state index in [1.165, 1.54) is 18.4 Å². The molecule has 0 aliphatic rings. The van der Waals surface area contributed by atoms with Crippen LogP contribution in [0.1, 0.15) is 57.1 Å². The molecule has 1 rings (SSSR count). The van der Waals surface area contributed by atoms with E-state index in [9.17, 15) is 4.79 Å². The van der Waals surface area contributed by atoms with Crippen molar-refractivity contribution in [2.75, 3.05) is 0 Å². The summed E-state index contributed by atoms with van der Waals surface area (Å²) in [6.07, 6.45) is 7.46. The first-order chi connectivity index (χ1) is 9.17. The fraction of sp³-hybridized carbons (Fsp3) is 0.471. The van der Waals surface area contributed by atoms with Gasteiger partial charge in [-0.25, -0.2) is 0 Å². The zero-order valence-electron chi connectivity index (χ0n) is 12.0. The number of carboxylic acids is 1. The van der Waals surface area contributed by atoms with Crippen LogP contribution in [0.5, 0.6) is 0 Å². The molecule has 0 saturated heterocycles. The fourth-order valence-electron chi connectivity index (χ4n) is 2.11. The summed E-state index contributed by atoms with van der Waals surface area (Å²) < 4.78 is 0. The van der Waals surface area contributed by atoms with Crippen LogP contribution in [0.4, 0.5) is 0 Å². The van der Waals surface area contributed by atoms with Gasteiger partial charge in [-0.15, -0.1) is 0 Å². The van der Waals surface area contributed by atoms with E-state index in [1.54, 1.807) is 0 Å². The molecule has 0 atom stereocenters. The maximum Gasteiger partial charge on any atom is 0.307 e. The molecule has 2 heteroatoms. The molecule has 0 saturated carbocycles. The molecule has 0 amide bonds. The van der Waals surface area contributed by atoms with Crippen LogP contribution >= 0.6 is 0 Å². The minimum Gasteiger partial charge on any atom is -0.481 e. The summed E-state index contributed by atoms with van der Waals surface area (Å²) in [5, 5.41) is 8.77. The van der Waals surface area contributed by atoms with Crippen LogP contribution in [-0.2, 0) is 11.2 Å². The van der Waals surface area contributed by atoms with E-state index in [2.05, 4.69) is 38.1 Å². The molecule has 2 nitrogen and oxygen atoms in total. The molecule has 0 bridgehead atoms. The van der Waals surface area contributed by atoms with Crippen molar-refractivity contribution >= 4 is 11.5 Å². The number of aliphatic carboxylic acids is 1. The Morgan fingerprint density at radius 2 is 1.84 bits per heavy atom. The van der Waals surface area contributed by atoms with Crippen molar-refractivity contribution in [1.29, 1.82) is 0 Å². The lowest BCUT2D eigenvalue weighted by atomic mass is 9.98. The van der Waals surface area contributed by atoms with Gasteiger partial charge in [-0.05, 0) is 36.0 Å². The minimum atomic E-state index is -0.770. The molecule has 1 aromatic carbocycles. The number of hydrogen-bond acceptors (Lipinski definition) is 1. The van der Waals surface area contributed by atoms with Crippen molar-refractivity contribution in [3.05, 3.63) is 41.5 Å². The first-order valence-corrected chi connectivity index (χ1v) is 7.17. The van der Waals surface area contributed by atoms with Gasteiger partial charge in [-0.1, -0.05) is 57.0 Å². The highest BCUT2D eigenvalue weighted by Gasteiger charge is 2.03. The zero-order valence-corrected chi connectivity index (χ0v) is 12.0. The highest BCUT2D eigenvalue weighted by atomic mass is 16.4. The normalized spacial score (nSPS) is 11.6. The smallest absolute Gasteiger partial charge is 0.307 e. The van der Waals surface area contributed by atoms with Gasteiger partial charge in [0.25, 0.3) is 0 Å². The SMILES string of the molecule is CCCCc1ccc(/C(=C/CC(=O)O)CCC)cc1. The molecule has 0 heterocycles. The lowest BCUT2D eigenvalue weighted by molar-refractivity contribution is -0.135. The monoisotopic (exact) mass is 260 g/mol. The third-order valence-corrected chi connectivity index (χ3v) is 3.19. The van der Waals surface area contributed by atoms with Crippen LogP contribution in [0.2, 0.25) is 0 Å². The molecule has 1 N–H and O–H groups in total. The van der Waals surface area contributed by atoms with E-state index in [1.807, 2.05) is 6.08 Å². The maximum atomic E-state index is 10.7. The third-order valence-electron chi connectivity index (χ3n) is 3.19. The summed E-state index contributed by atoms with van der Waals surface area (Å²) in [7, 11) is 0. The van der Waals surface area contributed by atoms with Crippen LogP contribution in [0, 0.1) is 0 Å². The van der Waals surface area contributed by atoms with Gasteiger partial charge in [0, 0.05) is 0 Å². The van der Waals surface area contributed by atoms with E-state index in [0.29, 0.717) is 0 Å². The van der Waals surface area contributed by atoms with Crippen molar-refractivity contribution in [3.63, 3.8) is 0 Å². The lowest BCUT2D eigenvalue weighted by Crippen LogP contribution is -1.93. The molecule has 104 valence electrons. The average molecular weight is 260 g/mol. The molecule has 0 fully saturated rings. The van der Waals surface area contributed by atoms with Crippen molar-refractivity contribution in [2.24, 2.45) is 0 Å². The van der Waals surface area contributed by atoms with Crippen LogP contribution < -0.4 is 0 Å². The van der Waals surface area contributed by atoms with Crippen LogP contribution in [-0.4, -0.2) is 11.1 Å². The highest BCUT2D eigenvalue weighted by Crippen LogP contribution is 2.21. The molecule has 0 aliphatic heterocycles. The molecule has 0 aromatic heterocycles. The standard InChI is InChI=1S/C17H24O2/c1-3-5-7-14-8-10-16(11-9-14)15(6-4-2)12-13-17(18)19/h8-12H,3-7,13H2,1-2H3,(H,18,19)/b15-12+. The summed E-state index contributed by atoms with van der Waals surface area (Å²) in [4.78, 5) is 10.7. The van der Waals surface area contributed by atoms with Crippen LogP contribution in [0.3, 0.4) is 0 Å². The van der Waals surface area contributed by atoms with Crippen molar-refractivity contribution in [1.82, 2.24) is 0 Å².